The van der Waals surface area contributed by atoms with Crippen LogP contribution in [0.2, 0.25) is 0 Å². The molecule has 1 aromatic rings. The van der Waals surface area contributed by atoms with Crippen molar-refractivity contribution in [2.45, 2.75) is 56.5 Å². The van der Waals surface area contributed by atoms with Crippen LogP contribution in [-0.2, 0) is 21.4 Å². The van der Waals surface area contributed by atoms with Crippen LogP contribution in [0.5, 0.6) is 0 Å². The zero-order chi connectivity index (χ0) is 18.6. The van der Waals surface area contributed by atoms with Crippen molar-refractivity contribution in [3.8, 4) is 0 Å². The number of benzene rings is 1. The lowest BCUT2D eigenvalue weighted by molar-refractivity contribution is -0.126. The molecule has 0 saturated carbocycles. The Labute approximate surface area is 168 Å². The van der Waals surface area contributed by atoms with Gasteiger partial charge < -0.3 is 10.6 Å². The van der Waals surface area contributed by atoms with E-state index in [9.17, 15) is 13.2 Å². The van der Waals surface area contributed by atoms with Gasteiger partial charge in [-0.15, -0.1) is 12.4 Å². The van der Waals surface area contributed by atoms with Crippen LogP contribution in [0.3, 0.4) is 0 Å². The normalized spacial score (nSPS) is 24.0. The molecule has 2 aliphatic rings. The first-order valence-corrected chi connectivity index (χ1v) is 11.0. The molecule has 6 nitrogen and oxygen atoms in total. The topological polar surface area (TPSA) is 78.5 Å². The minimum Gasteiger partial charge on any atom is -0.352 e. The van der Waals surface area contributed by atoms with Crippen molar-refractivity contribution in [1.82, 2.24) is 14.9 Å². The number of nitrogens with zero attached hydrogens (tertiary/aromatic N) is 1. The molecule has 0 unspecified atom stereocenters. The minimum atomic E-state index is -3.50. The summed E-state index contributed by atoms with van der Waals surface area (Å²) < 4.78 is 27.6. The Hall–Kier alpha value is -1.15. The molecular formula is C19H30ClN3O3S. The largest absolute Gasteiger partial charge is 0.352 e. The van der Waals surface area contributed by atoms with Crippen molar-refractivity contribution in [2.75, 3.05) is 19.6 Å². The van der Waals surface area contributed by atoms with E-state index in [-0.39, 0.29) is 30.8 Å². The standard InChI is InChI=1S/C19H29N3O3S.ClH/c1-15-13-16(9-10-20-15)19(23)21-14-17-7-3-4-8-18(17)26(24,25)22-11-5-2-6-12-22;/h3-4,7-8,15-16,20H,2,5-6,9-14H2,1H3,(H,21,23);1H/t15-,16-;/m0./s1. The Morgan fingerprint density at radius 2 is 1.93 bits per heavy atom. The molecule has 0 radical (unpaired) electrons. The predicted octanol–water partition coefficient (Wildman–Crippen LogP) is 2.29. The summed E-state index contributed by atoms with van der Waals surface area (Å²) in [4.78, 5) is 12.8. The first-order valence-electron chi connectivity index (χ1n) is 9.57. The Balaban J connectivity index is 0.00000261. The third-order valence-electron chi connectivity index (χ3n) is 5.35. The third kappa shape index (κ3) is 5.44. The van der Waals surface area contributed by atoms with Crippen LogP contribution in [-0.4, -0.2) is 44.3 Å². The molecule has 0 aromatic heterocycles. The summed E-state index contributed by atoms with van der Waals surface area (Å²) in [5, 5.41) is 6.30. The minimum absolute atomic E-state index is 0. The van der Waals surface area contributed by atoms with Crippen LogP contribution in [0.25, 0.3) is 0 Å². The molecule has 0 bridgehead atoms. The highest BCUT2D eigenvalue weighted by Gasteiger charge is 2.29. The smallest absolute Gasteiger partial charge is 0.243 e. The molecule has 2 fully saturated rings. The van der Waals surface area contributed by atoms with E-state index in [0.29, 0.717) is 29.6 Å². The first kappa shape index (κ1) is 22.1. The predicted molar refractivity (Wildman–Crippen MR) is 108 cm³/mol. The van der Waals surface area contributed by atoms with Crippen molar-refractivity contribution in [3.63, 3.8) is 0 Å². The van der Waals surface area contributed by atoms with Gasteiger partial charge in [0.25, 0.3) is 0 Å². The number of hydrogen-bond donors (Lipinski definition) is 2. The van der Waals surface area contributed by atoms with Crippen molar-refractivity contribution < 1.29 is 13.2 Å². The van der Waals surface area contributed by atoms with Crippen LogP contribution in [0.1, 0.15) is 44.6 Å². The number of nitrogens with one attached hydrogen (secondary N) is 2. The molecular weight excluding hydrogens is 386 g/mol. The first-order chi connectivity index (χ1) is 12.5. The molecule has 2 atom stereocenters. The Bertz CT molecular complexity index is 735. The highest BCUT2D eigenvalue weighted by molar-refractivity contribution is 7.89. The fourth-order valence-electron chi connectivity index (χ4n) is 3.84. The number of rotatable bonds is 5. The molecule has 0 aliphatic carbocycles. The van der Waals surface area contributed by atoms with E-state index in [1.54, 1.807) is 22.5 Å². The van der Waals surface area contributed by atoms with Crippen LogP contribution in [0, 0.1) is 5.92 Å². The zero-order valence-electron chi connectivity index (χ0n) is 15.8. The maximum Gasteiger partial charge on any atom is 0.243 e. The summed E-state index contributed by atoms with van der Waals surface area (Å²) in [6.07, 6.45) is 4.54. The van der Waals surface area contributed by atoms with Crippen LogP contribution >= 0.6 is 12.4 Å². The number of halogens is 1. The molecule has 2 aliphatic heterocycles. The lowest BCUT2D eigenvalue weighted by Gasteiger charge is -2.28. The molecule has 3 rings (SSSR count). The van der Waals surface area contributed by atoms with Crippen molar-refractivity contribution in [2.24, 2.45) is 5.92 Å². The lowest BCUT2D eigenvalue weighted by atomic mass is 9.92. The third-order valence-corrected chi connectivity index (χ3v) is 7.35. The molecule has 8 heteroatoms. The van der Waals surface area contributed by atoms with Gasteiger partial charge >= 0.3 is 0 Å². The SMILES string of the molecule is C[C@H]1C[C@@H](C(=O)NCc2ccccc2S(=O)(=O)N2CCCCC2)CCN1.Cl. The zero-order valence-corrected chi connectivity index (χ0v) is 17.4. The summed E-state index contributed by atoms with van der Waals surface area (Å²) in [5.74, 6) is 0.0145. The second-order valence-electron chi connectivity index (χ2n) is 7.37. The molecule has 27 heavy (non-hydrogen) atoms. The van der Waals surface area contributed by atoms with Crippen LogP contribution < -0.4 is 10.6 Å². The lowest BCUT2D eigenvalue weighted by Crippen LogP contribution is -2.42. The van der Waals surface area contributed by atoms with Gasteiger partial charge in [-0.3, -0.25) is 4.79 Å². The van der Waals surface area contributed by atoms with E-state index in [4.69, 9.17) is 0 Å². The summed E-state index contributed by atoms with van der Waals surface area (Å²) in [7, 11) is -3.50. The molecule has 152 valence electrons. The molecule has 1 aromatic carbocycles. The second-order valence-corrected chi connectivity index (χ2v) is 9.27. The Morgan fingerprint density at radius 3 is 2.63 bits per heavy atom. The van der Waals surface area contributed by atoms with Gasteiger partial charge in [0.15, 0.2) is 0 Å². The van der Waals surface area contributed by atoms with Gasteiger partial charge in [0.05, 0.1) is 4.90 Å². The average molecular weight is 416 g/mol. The van der Waals surface area contributed by atoms with E-state index in [1.165, 1.54) is 0 Å². The van der Waals surface area contributed by atoms with Gasteiger partial charge in [-0.1, -0.05) is 24.6 Å². The van der Waals surface area contributed by atoms with Crippen molar-refractivity contribution in [3.05, 3.63) is 29.8 Å². The van der Waals surface area contributed by atoms with Gasteiger partial charge in [0.2, 0.25) is 15.9 Å². The number of hydrogen-bond acceptors (Lipinski definition) is 4. The van der Waals surface area contributed by atoms with Gasteiger partial charge in [-0.25, -0.2) is 8.42 Å². The average Bonchev–Trinajstić information content (AvgIpc) is 2.67. The van der Waals surface area contributed by atoms with Crippen LogP contribution in [0.4, 0.5) is 0 Å². The summed E-state index contributed by atoms with van der Waals surface area (Å²) in [6.45, 7) is 4.34. The molecule has 0 spiro atoms. The number of amides is 1. The quantitative estimate of drug-likeness (QED) is 0.773. The fourth-order valence-corrected chi connectivity index (χ4v) is 5.58. The number of sulfonamides is 1. The van der Waals surface area contributed by atoms with Gasteiger partial charge in [-0.05, 0) is 50.8 Å². The molecule has 2 heterocycles. The molecule has 2 N–H and O–H groups in total. The van der Waals surface area contributed by atoms with E-state index >= 15 is 0 Å². The molecule has 1 amide bonds. The van der Waals surface area contributed by atoms with E-state index in [1.807, 2.05) is 6.07 Å². The highest BCUT2D eigenvalue weighted by Crippen LogP contribution is 2.24. The monoisotopic (exact) mass is 415 g/mol. The Kier molecular flexibility index (Phi) is 8.09. The maximum absolute atomic E-state index is 13.0. The maximum atomic E-state index is 13.0. The summed E-state index contributed by atoms with van der Waals surface area (Å²) >= 11 is 0. The van der Waals surface area contributed by atoms with Gasteiger partial charge in [0, 0.05) is 31.6 Å². The van der Waals surface area contributed by atoms with Crippen molar-refractivity contribution >= 4 is 28.3 Å². The Morgan fingerprint density at radius 1 is 1.22 bits per heavy atom. The van der Waals surface area contributed by atoms with Gasteiger partial charge in [0.1, 0.15) is 0 Å². The fraction of sp³-hybridized carbons (Fsp3) is 0.632. The van der Waals surface area contributed by atoms with Crippen molar-refractivity contribution in [1.29, 1.82) is 0 Å². The number of carbonyl (C=O) groups excluding carboxylic acids is 1. The molecule has 2 saturated heterocycles. The van der Waals surface area contributed by atoms with E-state index in [0.717, 1.165) is 38.6 Å². The number of piperidine rings is 2. The van der Waals surface area contributed by atoms with Gasteiger partial charge in [-0.2, -0.15) is 4.31 Å². The number of carbonyl (C=O) groups is 1. The highest BCUT2D eigenvalue weighted by atomic mass is 35.5. The van der Waals surface area contributed by atoms with Crippen LogP contribution in [0.15, 0.2) is 29.2 Å². The summed E-state index contributed by atoms with van der Waals surface area (Å²) in [6, 6.07) is 7.35. The van der Waals surface area contributed by atoms with E-state index in [2.05, 4.69) is 17.6 Å². The second kappa shape index (κ2) is 9.87. The summed E-state index contributed by atoms with van der Waals surface area (Å²) in [5.41, 5.74) is 0.661. The van der Waals surface area contributed by atoms with E-state index < -0.39 is 10.0 Å².